The molecular weight excluding hydrogens is 384 g/mol. The van der Waals surface area contributed by atoms with Gasteiger partial charge in [0.05, 0.1) is 0 Å². The first kappa shape index (κ1) is 20.3. The lowest BCUT2D eigenvalue weighted by molar-refractivity contribution is 0.249. The van der Waals surface area contributed by atoms with Gasteiger partial charge in [0.1, 0.15) is 10.7 Å². The third-order valence-corrected chi connectivity index (χ3v) is 7.74. The van der Waals surface area contributed by atoms with Crippen LogP contribution in [-0.2, 0) is 16.6 Å². The Morgan fingerprint density at radius 2 is 1.69 bits per heavy atom. The van der Waals surface area contributed by atoms with Gasteiger partial charge in [-0.3, -0.25) is 4.90 Å². The summed E-state index contributed by atoms with van der Waals surface area (Å²) in [5.74, 6) is 0.859. The Morgan fingerprint density at radius 3 is 2.34 bits per heavy atom. The summed E-state index contributed by atoms with van der Waals surface area (Å²) in [5.41, 5.74) is 2.65. The molecule has 1 aromatic heterocycles. The summed E-state index contributed by atoms with van der Waals surface area (Å²) in [4.78, 5) is 9.49. The fourth-order valence-electron chi connectivity index (χ4n) is 4.17. The highest BCUT2D eigenvalue weighted by Gasteiger charge is 2.26. The van der Waals surface area contributed by atoms with Crippen LogP contribution in [0.3, 0.4) is 0 Å². The predicted octanol–water partition coefficient (Wildman–Crippen LogP) is 2.89. The molecule has 0 atom stereocenters. The molecule has 2 fully saturated rings. The van der Waals surface area contributed by atoms with Crippen LogP contribution in [0.5, 0.6) is 0 Å². The van der Waals surface area contributed by atoms with Crippen LogP contribution < -0.4 is 4.90 Å². The normalized spacial score (nSPS) is 19.4. The Morgan fingerprint density at radius 1 is 0.931 bits per heavy atom. The molecule has 2 aliphatic heterocycles. The average Bonchev–Trinajstić information content (AvgIpc) is 2.75. The molecule has 2 aliphatic rings. The van der Waals surface area contributed by atoms with Crippen molar-refractivity contribution in [2.75, 3.05) is 44.2 Å². The van der Waals surface area contributed by atoms with E-state index in [0.717, 1.165) is 57.8 Å². The van der Waals surface area contributed by atoms with Crippen molar-refractivity contribution in [3.63, 3.8) is 0 Å². The molecule has 29 heavy (non-hydrogen) atoms. The van der Waals surface area contributed by atoms with E-state index in [1.54, 1.807) is 10.4 Å². The highest BCUT2D eigenvalue weighted by atomic mass is 32.2. The summed E-state index contributed by atoms with van der Waals surface area (Å²) < 4.78 is 27.2. The topological polar surface area (TPSA) is 56.8 Å². The van der Waals surface area contributed by atoms with E-state index >= 15 is 0 Å². The SMILES string of the molecule is Cc1cccc(CN2CCN(c3ccc(S(=O)(=O)N4CCCCC4)cn3)CC2)c1. The second kappa shape index (κ2) is 8.81. The summed E-state index contributed by atoms with van der Waals surface area (Å²) in [6, 6.07) is 12.2. The van der Waals surface area contributed by atoms with Crippen molar-refractivity contribution in [2.45, 2.75) is 37.6 Å². The van der Waals surface area contributed by atoms with E-state index in [1.165, 1.54) is 17.3 Å². The molecule has 2 saturated heterocycles. The van der Waals surface area contributed by atoms with Crippen LogP contribution in [0.1, 0.15) is 30.4 Å². The maximum atomic E-state index is 12.8. The summed E-state index contributed by atoms with van der Waals surface area (Å²) in [6.07, 6.45) is 4.52. The fraction of sp³-hybridized carbons (Fsp3) is 0.500. The number of benzene rings is 1. The Hall–Kier alpha value is -1.96. The minimum absolute atomic E-state index is 0.307. The molecule has 0 unspecified atom stereocenters. The first-order chi connectivity index (χ1) is 14.0. The fourth-order valence-corrected chi connectivity index (χ4v) is 5.63. The van der Waals surface area contributed by atoms with Gasteiger partial charge in [-0.2, -0.15) is 4.31 Å². The molecule has 0 bridgehead atoms. The van der Waals surface area contributed by atoms with Crippen molar-refractivity contribution in [2.24, 2.45) is 0 Å². The monoisotopic (exact) mass is 414 g/mol. The first-order valence-electron chi connectivity index (χ1n) is 10.5. The van der Waals surface area contributed by atoms with E-state index in [0.29, 0.717) is 18.0 Å². The van der Waals surface area contributed by atoms with E-state index in [4.69, 9.17) is 0 Å². The molecule has 1 aromatic carbocycles. The molecule has 156 valence electrons. The van der Waals surface area contributed by atoms with Crippen molar-refractivity contribution >= 4 is 15.8 Å². The van der Waals surface area contributed by atoms with Crippen LogP contribution in [0.25, 0.3) is 0 Å². The van der Waals surface area contributed by atoms with Crippen molar-refractivity contribution in [3.8, 4) is 0 Å². The van der Waals surface area contributed by atoms with Crippen LogP contribution >= 0.6 is 0 Å². The highest BCUT2D eigenvalue weighted by molar-refractivity contribution is 7.89. The molecule has 4 rings (SSSR count). The number of rotatable bonds is 5. The highest BCUT2D eigenvalue weighted by Crippen LogP contribution is 2.22. The second-order valence-electron chi connectivity index (χ2n) is 8.07. The van der Waals surface area contributed by atoms with Gasteiger partial charge in [0.15, 0.2) is 0 Å². The minimum Gasteiger partial charge on any atom is -0.354 e. The van der Waals surface area contributed by atoms with E-state index < -0.39 is 10.0 Å². The van der Waals surface area contributed by atoms with Gasteiger partial charge in [0.2, 0.25) is 10.0 Å². The first-order valence-corrected chi connectivity index (χ1v) is 12.0. The maximum absolute atomic E-state index is 12.8. The third-order valence-electron chi connectivity index (χ3n) is 5.86. The van der Waals surface area contributed by atoms with E-state index in [1.807, 2.05) is 6.07 Å². The number of aryl methyl sites for hydroxylation is 1. The van der Waals surface area contributed by atoms with Crippen LogP contribution in [0.4, 0.5) is 5.82 Å². The van der Waals surface area contributed by atoms with Crippen molar-refractivity contribution in [1.82, 2.24) is 14.2 Å². The third kappa shape index (κ3) is 4.79. The van der Waals surface area contributed by atoms with Gasteiger partial charge in [-0.1, -0.05) is 36.2 Å². The lowest BCUT2D eigenvalue weighted by Crippen LogP contribution is -2.46. The van der Waals surface area contributed by atoms with Gasteiger partial charge in [-0.05, 0) is 37.5 Å². The molecule has 0 saturated carbocycles. The Bertz CT molecular complexity index is 916. The second-order valence-corrected chi connectivity index (χ2v) is 10.0. The Kier molecular flexibility index (Phi) is 6.18. The molecule has 2 aromatic rings. The summed E-state index contributed by atoms with van der Waals surface area (Å²) in [6.45, 7) is 8.08. The van der Waals surface area contributed by atoms with E-state index in [2.05, 4.69) is 46.0 Å². The maximum Gasteiger partial charge on any atom is 0.244 e. The average molecular weight is 415 g/mol. The lowest BCUT2D eigenvalue weighted by atomic mass is 10.1. The van der Waals surface area contributed by atoms with Gasteiger partial charge >= 0.3 is 0 Å². The molecule has 0 radical (unpaired) electrons. The molecule has 6 nitrogen and oxygen atoms in total. The van der Waals surface area contributed by atoms with Crippen LogP contribution in [-0.4, -0.2) is 61.9 Å². The Balaban J connectivity index is 1.35. The quantitative estimate of drug-likeness (QED) is 0.753. The molecule has 7 heteroatoms. The van der Waals surface area contributed by atoms with Crippen LogP contribution in [0.2, 0.25) is 0 Å². The van der Waals surface area contributed by atoms with Crippen molar-refractivity contribution < 1.29 is 8.42 Å². The smallest absolute Gasteiger partial charge is 0.244 e. The van der Waals surface area contributed by atoms with E-state index in [9.17, 15) is 8.42 Å². The Labute approximate surface area is 174 Å². The lowest BCUT2D eigenvalue weighted by Gasteiger charge is -2.35. The summed E-state index contributed by atoms with van der Waals surface area (Å²) in [5, 5.41) is 0. The zero-order chi connectivity index (χ0) is 20.3. The molecule has 3 heterocycles. The zero-order valence-corrected chi connectivity index (χ0v) is 17.9. The number of hydrogen-bond donors (Lipinski definition) is 0. The number of pyridine rings is 1. The molecule has 0 N–H and O–H groups in total. The molecular formula is C22H30N4O2S. The standard InChI is InChI=1S/C22H30N4O2S/c1-19-6-5-7-20(16-19)18-24-12-14-25(15-13-24)22-9-8-21(17-23-22)29(27,28)26-10-3-2-4-11-26/h5-9,16-17H,2-4,10-15,18H2,1H3. The van der Waals surface area contributed by atoms with Gasteiger partial charge in [0, 0.05) is 52.0 Å². The number of anilines is 1. The van der Waals surface area contributed by atoms with Gasteiger partial charge < -0.3 is 4.90 Å². The summed E-state index contributed by atoms with van der Waals surface area (Å²) >= 11 is 0. The zero-order valence-electron chi connectivity index (χ0n) is 17.1. The van der Waals surface area contributed by atoms with Gasteiger partial charge in [0.25, 0.3) is 0 Å². The number of sulfonamides is 1. The van der Waals surface area contributed by atoms with Gasteiger partial charge in [-0.15, -0.1) is 0 Å². The number of nitrogens with zero attached hydrogens (tertiary/aromatic N) is 4. The van der Waals surface area contributed by atoms with Crippen LogP contribution in [0, 0.1) is 6.92 Å². The number of aromatic nitrogens is 1. The molecule has 0 amide bonds. The van der Waals surface area contributed by atoms with Crippen LogP contribution in [0.15, 0.2) is 47.5 Å². The minimum atomic E-state index is -3.41. The summed E-state index contributed by atoms with van der Waals surface area (Å²) in [7, 11) is -3.41. The largest absolute Gasteiger partial charge is 0.354 e. The van der Waals surface area contributed by atoms with Crippen molar-refractivity contribution in [3.05, 3.63) is 53.7 Å². The predicted molar refractivity (Wildman–Crippen MR) is 116 cm³/mol. The number of piperidine rings is 1. The molecule has 0 spiro atoms. The van der Waals surface area contributed by atoms with Gasteiger partial charge in [-0.25, -0.2) is 13.4 Å². The van der Waals surface area contributed by atoms with E-state index in [-0.39, 0.29) is 0 Å². The number of hydrogen-bond acceptors (Lipinski definition) is 5. The molecule has 0 aliphatic carbocycles. The van der Waals surface area contributed by atoms with Crippen molar-refractivity contribution in [1.29, 1.82) is 0 Å². The number of piperazine rings is 1.